The van der Waals surface area contributed by atoms with Crippen LogP contribution in [0, 0.1) is 0 Å². The summed E-state index contributed by atoms with van der Waals surface area (Å²) in [6, 6.07) is 4.11. The number of thiophene rings is 1. The molecule has 15 heavy (non-hydrogen) atoms. The summed E-state index contributed by atoms with van der Waals surface area (Å²) in [5.74, 6) is -0.110. The second-order valence-electron chi connectivity index (χ2n) is 4.19. The number of rotatable bonds is 4. The summed E-state index contributed by atoms with van der Waals surface area (Å²) in [6.07, 6.45) is 0. The Labute approximate surface area is 99.6 Å². The van der Waals surface area contributed by atoms with E-state index < -0.39 is 5.38 Å². The average Bonchev–Trinajstić information content (AvgIpc) is 2.67. The molecule has 0 fully saturated rings. The van der Waals surface area contributed by atoms with E-state index in [0.29, 0.717) is 6.54 Å². The van der Waals surface area contributed by atoms with E-state index in [9.17, 15) is 4.79 Å². The van der Waals surface area contributed by atoms with Gasteiger partial charge in [-0.25, -0.2) is 0 Å². The van der Waals surface area contributed by atoms with Crippen LogP contribution in [0.1, 0.15) is 25.6 Å². The lowest BCUT2D eigenvalue weighted by molar-refractivity contribution is -0.120. The van der Waals surface area contributed by atoms with E-state index in [1.165, 1.54) is 4.88 Å². The maximum absolute atomic E-state index is 11.3. The summed E-state index contributed by atoms with van der Waals surface area (Å²) < 4.78 is 0. The van der Waals surface area contributed by atoms with Crippen LogP contribution in [-0.2, 0) is 10.2 Å². The maximum atomic E-state index is 11.3. The second-order valence-corrected chi connectivity index (χ2v) is 5.80. The zero-order valence-corrected chi connectivity index (χ0v) is 10.8. The Bertz CT molecular complexity index is 319. The first kappa shape index (κ1) is 12.5. The third-order valence-corrected chi connectivity index (χ3v) is 3.69. The Morgan fingerprint density at radius 2 is 2.33 bits per heavy atom. The molecule has 1 amide bonds. The van der Waals surface area contributed by atoms with Crippen molar-refractivity contribution in [2.24, 2.45) is 0 Å². The van der Waals surface area contributed by atoms with Crippen molar-refractivity contribution in [2.75, 3.05) is 6.54 Å². The van der Waals surface area contributed by atoms with E-state index in [-0.39, 0.29) is 11.3 Å². The summed E-state index contributed by atoms with van der Waals surface area (Å²) in [5, 5.41) is 4.42. The molecule has 2 nitrogen and oxygen atoms in total. The molecule has 0 bridgehead atoms. The standard InChI is InChI=1S/C11H16ClNOS/c1-8(12)10(14)13-7-11(2,3)9-5-4-6-15-9/h4-6,8H,7H2,1-3H3,(H,13,14). The van der Waals surface area contributed by atoms with Gasteiger partial charge < -0.3 is 5.32 Å². The van der Waals surface area contributed by atoms with Crippen molar-refractivity contribution >= 4 is 28.8 Å². The average molecular weight is 246 g/mol. The summed E-state index contributed by atoms with van der Waals surface area (Å²) in [7, 11) is 0. The monoisotopic (exact) mass is 245 g/mol. The first-order chi connectivity index (χ1) is 6.93. The molecule has 1 atom stereocenters. The Balaban J connectivity index is 2.54. The van der Waals surface area contributed by atoms with E-state index in [0.717, 1.165) is 0 Å². The van der Waals surface area contributed by atoms with Gasteiger partial charge in [-0.15, -0.1) is 22.9 Å². The van der Waals surface area contributed by atoms with E-state index in [1.54, 1.807) is 18.3 Å². The van der Waals surface area contributed by atoms with Gasteiger partial charge in [-0.1, -0.05) is 19.9 Å². The summed E-state index contributed by atoms with van der Waals surface area (Å²) in [5.41, 5.74) is -0.0321. The second kappa shape index (κ2) is 4.99. The Morgan fingerprint density at radius 3 is 2.80 bits per heavy atom. The van der Waals surface area contributed by atoms with Crippen molar-refractivity contribution in [3.8, 4) is 0 Å². The lowest BCUT2D eigenvalue weighted by Gasteiger charge is -2.23. The van der Waals surface area contributed by atoms with Crippen LogP contribution < -0.4 is 5.32 Å². The fourth-order valence-electron chi connectivity index (χ4n) is 1.20. The normalized spacial score (nSPS) is 13.6. The molecular weight excluding hydrogens is 230 g/mol. The van der Waals surface area contributed by atoms with Gasteiger partial charge in [0.15, 0.2) is 0 Å². The molecule has 1 N–H and O–H groups in total. The van der Waals surface area contributed by atoms with Crippen LogP contribution in [-0.4, -0.2) is 17.8 Å². The van der Waals surface area contributed by atoms with E-state index in [4.69, 9.17) is 11.6 Å². The van der Waals surface area contributed by atoms with Crippen LogP contribution >= 0.6 is 22.9 Å². The third-order valence-electron chi connectivity index (χ3n) is 2.25. The summed E-state index contributed by atoms with van der Waals surface area (Å²) in [6.45, 7) is 6.51. The van der Waals surface area contributed by atoms with Gasteiger partial charge in [0.1, 0.15) is 5.38 Å². The van der Waals surface area contributed by atoms with Crippen LogP contribution in [0.5, 0.6) is 0 Å². The molecule has 1 aromatic rings. The van der Waals surface area contributed by atoms with Gasteiger partial charge in [0.2, 0.25) is 5.91 Å². The van der Waals surface area contributed by atoms with Crippen molar-refractivity contribution in [2.45, 2.75) is 31.6 Å². The van der Waals surface area contributed by atoms with Crippen LogP contribution in [0.25, 0.3) is 0 Å². The molecule has 0 aliphatic carbocycles. The number of alkyl halides is 1. The molecular formula is C11H16ClNOS. The fourth-order valence-corrected chi connectivity index (χ4v) is 2.13. The molecule has 0 aliphatic heterocycles. The molecule has 1 heterocycles. The van der Waals surface area contributed by atoms with Gasteiger partial charge in [0, 0.05) is 16.8 Å². The van der Waals surface area contributed by atoms with Gasteiger partial charge in [-0.05, 0) is 18.4 Å². The Kier molecular flexibility index (Phi) is 4.17. The lowest BCUT2D eigenvalue weighted by Crippen LogP contribution is -2.39. The molecule has 0 saturated carbocycles. The quantitative estimate of drug-likeness (QED) is 0.812. The van der Waals surface area contributed by atoms with Gasteiger partial charge in [-0.2, -0.15) is 0 Å². The first-order valence-electron chi connectivity index (χ1n) is 4.89. The van der Waals surface area contributed by atoms with Gasteiger partial charge in [0.25, 0.3) is 0 Å². The molecule has 84 valence electrons. The van der Waals surface area contributed by atoms with Gasteiger partial charge >= 0.3 is 0 Å². The van der Waals surface area contributed by atoms with E-state index in [1.807, 2.05) is 11.4 Å². The van der Waals surface area contributed by atoms with Crippen molar-refractivity contribution in [1.82, 2.24) is 5.32 Å². The molecule has 0 spiro atoms. The predicted molar refractivity (Wildman–Crippen MR) is 65.7 cm³/mol. The smallest absolute Gasteiger partial charge is 0.237 e. The van der Waals surface area contributed by atoms with Crippen LogP contribution in [0.4, 0.5) is 0 Å². The third kappa shape index (κ3) is 3.50. The van der Waals surface area contributed by atoms with Crippen LogP contribution in [0.3, 0.4) is 0 Å². The number of halogens is 1. The van der Waals surface area contributed by atoms with Crippen molar-refractivity contribution in [3.05, 3.63) is 22.4 Å². The topological polar surface area (TPSA) is 29.1 Å². The van der Waals surface area contributed by atoms with E-state index in [2.05, 4.69) is 25.2 Å². The zero-order chi connectivity index (χ0) is 11.5. The number of nitrogens with one attached hydrogen (secondary N) is 1. The maximum Gasteiger partial charge on any atom is 0.237 e. The molecule has 0 aromatic carbocycles. The predicted octanol–water partition coefficient (Wildman–Crippen LogP) is 2.77. The molecule has 0 radical (unpaired) electrons. The van der Waals surface area contributed by atoms with Crippen molar-refractivity contribution < 1.29 is 4.79 Å². The first-order valence-corrected chi connectivity index (χ1v) is 6.21. The SMILES string of the molecule is CC(Cl)C(=O)NCC(C)(C)c1cccs1. The highest BCUT2D eigenvalue weighted by Crippen LogP contribution is 2.26. The number of carbonyl (C=O) groups is 1. The Morgan fingerprint density at radius 1 is 1.67 bits per heavy atom. The minimum Gasteiger partial charge on any atom is -0.354 e. The van der Waals surface area contributed by atoms with Crippen LogP contribution in [0.15, 0.2) is 17.5 Å². The number of hydrogen-bond acceptors (Lipinski definition) is 2. The molecule has 0 saturated heterocycles. The Hall–Kier alpha value is -0.540. The number of amides is 1. The van der Waals surface area contributed by atoms with Crippen molar-refractivity contribution in [1.29, 1.82) is 0 Å². The summed E-state index contributed by atoms with van der Waals surface area (Å²) >= 11 is 7.38. The lowest BCUT2D eigenvalue weighted by atomic mass is 9.91. The van der Waals surface area contributed by atoms with Crippen LogP contribution in [0.2, 0.25) is 0 Å². The molecule has 1 aromatic heterocycles. The minimum absolute atomic E-state index is 0.0321. The molecule has 1 rings (SSSR count). The van der Waals surface area contributed by atoms with E-state index >= 15 is 0 Å². The highest BCUT2D eigenvalue weighted by molar-refractivity contribution is 7.10. The fraction of sp³-hybridized carbons (Fsp3) is 0.545. The highest BCUT2D eigenvalue weighted by atomic mass is 35.5. The number of carbonyl (C=O) groups excluding carboxylic acids is 1. The van der Waals surface area contributed by atoms with Gasteiger partial charge in [0.05, 0.1) is 0 Å². The van der Waals surface area contributed by atoms with Gasteiger partial charge in [-0.3, -0.25) is 4.79 Å². The summed E-state index contributed by atoms with van der Waals surface area (Å²) in [4.78, 5) is 12.6. The molecule has 4 heteroatoms. The number of hydrogen-bond donors (Lipinski definition) is 1. The largest absolute Gasteiger partial charge is 0.354 e. The minimum atomic E-state index is -0.468. The zero-order valence-electron chi connectivity index (χ0n) is 9.21. The molecule has 1 unspecified atom stereocenters. The molecule has 0 aliphatic rings. The van der Waals surface area contributed by atoms with Crippen molar-refractivity contribution in [3.63, 3.8) is 0 Å². The highest BCUT2D eigenvalue weighted by Gasteiger charge is 2.23.